The number of pyridine rings is 2. The highest BCUT2D eigenvalue weighted by Gasteiger charge is 2.27. The fourth-order valence-electron chi connectivity index (χ4n) is 4.63. The van der Waals surface area contributed by atoms with Crippen molar-refractivity contribution in [3.8, 4) is 5.69 Å². The van der Waals surface area contributed by atoms with Gasteiger partial charge in [0.05, 0.1) is 39.9 Å². The first-order valence-electron chi connectivity index (χ1n) is 12.6. The molecule has 0 aliphatic heterocycles. The Labute approximate surface area is 233 Å². The molecule has 0 spiro atoms. The zero-order valence-electron chi connectivity index (χ0n) is 22.0. The maximum Gasteiger partial charge on any atom is 0.264 e. The van der Waals surface area contributed by atoms with Crippen LogP contribution in [0, 0.1) is 0 Å². The number of rotatable bonds is 7. The molecule has 10 nitrogen and oxygen atoms in total. The van der Waals surface area contributed by atoms with Crippen molar-refractivity contribution in [3.05, 3.63) is 104 Å². The van der Waals surface area contributed by atoms with Crippen LogP contribution < -0.4 is 21.6 Å². The van der Waals surface area contributed by atoms with Gasteiger partial charge in [-0.25, -0.2) is 9.97 Å². The number of nitrogens with zero attached hydrogens (tertiary/aromatic N) is 3. The van der Waals surface area contributed by atoms with E-state index in [0.717, 1.165) is 0 Å². The third-order valence-corrected chi connectivity index (χ3v) is 7.00. The number of halogens is 1. The van der Waals surface area contributed by atoms with Crippen molar-refractivity contribution in [2.75, 3.05) is 11.9 Å². The smallest absolute Gasteiger partial charge is 0.264 e. The standard InChI is InChI=1S/C29H27ClN6O4/c1-16(34-26-22-20(38)12-13-31-25(22)32-15-33-26)24-23(30)18-10-7-11-19(27(39)35-29(2,3)14-37)21(18)28(40)36(24)17-8-5-4-6-9-17/h4-13,15-16,37H,14H2,1-3H3,(H,35,39)(H2,31,32,33,34,38)/t16-/m0/s1. The number of fused-ring (bicyclic) bond motifs is 2. The number of hydrogen-bond acceptors (Lipinski definition) is 7. The highest BCUT2D eigenvalue weighted by atomic mass is 35.5. The lowest BCUT2D eigenvalue weighted by Crippen LogP contribution is -2.46. The van der Waals surface area contributed by atoms with Gasteiger partial charge in [-0.2, -0.15) is 0 Å². The quantitative estimate of drug-likeness (QED) is 0.237. The van der Waals surface area contributed by atoms with E-state index in [4.69, 9.17) is 11.6 Å². The van der Waals surface area contributed by atoms with Crippen molar-refractivity contribution in [1.29, 1.82) is 0 Å². The summed E-state index contributed by atoms with van der Waals surface area (Å²) >= 11 is 7.04. The molecule has 5 rings (SSSR count). The fourth-order valence-corrected chi connectivity index (χ4v) is 5.04. The van der Waals surface area contributed by atoms with E-state index in [1.54, 1.807) is 63.2 Å². The van der Waals surface area contributed by atoms with E-state index < -0.39 is 23.0 Å². The van der Waals surface area contributed by atoms with E-state index in [2.05, 4.69) is 25.6 Å². The average molecular weight is 559 g/mol. The molecule has 0 bridgehead atoms. The number of aromatic nitrogens is 4. The van der Waals surface area contributed by atoms with Crippen LogP contribution in [0.1, 0.15) is 42.9 Å². The molecule has 0 saturated heterocycles. The molecule has 0 aliphatic rings. The number of aliphatic hydroxyl groups excluding tert-OH is 1. The van der Waals surface area contributed by atoms with Crippen LogP contribution in [0.15, 0.2) is 76.7 Å². The van der Waals surface area contributed by atoms with Gasteiger partial charge in [-0.05, 0) is 39.0 Å². The first-order chi connectivity index (χ1) is 19.1. The highest BCUT2D eigenvalue weighted by Crippen LogP contribution is 2.34. The van der Waals surface area contributed by atoms with Crippen LogP contribution in [0.25, 0.3) is 27.5 Å². The Morgan fingerprint density at radius 3 is 2.55 bits per heavy atom. The number of hydrogen-bond donors (Lipinski definition) is 4. The second kappa shape index (κ2) is 10.6. The van der Waals surface area contributed by atoms with Crippen LogP contribution >= 0.6 is 11.6 Å². The molecule has 0 saturated carbocycles. The maximum absolute atomic E-state index is 14.3. The topological polar surface area (TPSA) is 142 Å². The number of anilines is 1. The summed E-state index contributed by atoms with van der Waals surface area (Å²) in [6, 6.07) is 14.6. The maximum atomic E-state index is 14.3. The number of carbonyl (C=O) groups is 1. The van der Waals surface area contributed by atoms with E-state index in [-0.39, 0.29) is 39.2 Å². The van der Waals surface area contributed by atoms with Crippen LogP contribution in [0.5, 0.6) is 0 Å². The van der Waals surface area contributed by atoms with Crippen molar-refractivity contribution >= 4 is 45.1 Å². The molecule has 3 aromatic heterocycles. The second-order valence-corrected chi connectivity index (χ2v) is 10.4. The zero-order chi connectivity index (χ0) is 28.6. The van der Waals surface area contributed by atoms with Gasteiger partial charge in [-0.3, -0.25) is 19.0 Å². The third-order valence-electron chi connectivity index (χ3n) is 6.60. The zero-order valence-corrected chi connectivity index (χ0v) is 22.8. The van der Waals surface area contributed by atoms with Gasteiger partial charge in [0.15, 0.2) is 5.43 Å². The van der Waals surface area contributed by atoms with E-state index in [0.29, 0.717) is 22.4 Å². The summed E-state index contributed by atoms with van der Waals surface area (Å²) in [5.41, 5.74) is -0.172. The van der Waals surface area contributed by atoms with Gasteiger partial charge in [0.2, 0.25) is 0 Å². The molecule has 1 amide bonds. The van der Waals surface area contributed by atoms with Gasteiger partial charge in [0.25, 0.3) is 11.5 Å². The van der Waals surface area contributed by atoms with Crippen molar-refractivity contribution < 1.29 is 9.90 Å². The highest BCUT2D eigenvalue weighted by molar-refractivity contribution is 6.36. The molecule has 0 aliphatic carbocycles. The van der Waals surface area contributed by atoms with Crippen LogP contribution in [-0.4, -0.2) is 42.7 Å². The summed E-state index contributed by atoms with van der Waals surface area (Å²) in [5, 5.41) is 16.7. The SMILES string of the molecule is C[C@H](Nc1ncnc2[nH]ccc(=O)c12)c1c(Cl)c2cccc(C(=O)NC(C)(C)CO)c2c(=O)n1-c1ccccc1. The number of H-pyrrole nitrogens is 1. The molecule has 1 atom stereocenters. The summed E-state index contributed by atoms with van der Waals surface area (Å²) < 4.78 is 1.46. The van der Waals surface area contributed by atoms with Crippen LogP contribution in [-0.2, 0) is 0 Å². The largest absolute Gasteiger partial charge is 0.394 e. The van der Waals surface area contributed by atoms with Crippen LogP contribution in [0.2, 0.25) is 5.02 Å². The lowest BCUT2D eigenvalue weighted by Gasteiger charge is -2.25. The normalized spacial score (nSPS) is 12.4. The first kappa shape index (κ1) is 27.0. The van der Waals surface area contributed by atoms with Gasteiger partial charge in [0, 0.05) is 23.3 Å². The summed E-state index contributed by atoms with van der Waals surface area (Å²) in [7, 11) is 0. The van der Waals surface area contributed by atoms with Crippen molar-refractivity contribution in [2.24, 2.45) is 0 Å². The monoisotopic (exact) mass is 558 g/mol. The number of nitrogens with one attached hydrogen (secondary N) is 3. The molecule has 11 heteroatoms. The number of aromatic amines is 1. The number of carbonyl (C=O) groups excluding carboxylic acids is 1. The molecule has 0 unspecified atom stereocenters. The number of para-hydroxylation sites is 1. The predicted octanol–water partition coefficient (Wildman–Crippen LogP) is 3.95. The van der Waals surface area contributed by atoms with E-state index in [1.165, 1.54) is 23.2 Å². The third kappa shape index (κ3) is 4.83. The van der Waals surface area contributed by atoms with Crippen molar-refractivity contribution in [3.63, 3.8) is 0 Å². The molecule has 204 valence electrons. The summed E-state index contributed by atoms with van der Waals surface area (Å²) in [6.45, 7) is 4.88. The molecule has 40 heavy (non-hydrogen) atoms. The van der Waals surface area contributed by atoms with E-state index >= 15 is 0 Å². The Bertz CT molecular complexity index is 1860. The summed E-state index contributed by atoms with van der Waals surface area (Å²) in [6.07, 6.45) is 2.84. The van der Waals surface area contributed by atoms with E-state index in [1.807, 2.05) is 6.07 Å². The molecule has 3 heterocycles. The van der Waals surface area contributed by atoms with E-state index in [9.17, 15) is 19.5 Å². The van der Waals surface area contributed by atoms with Gasteiger partial charge in [-0.15, -0.1) is 0 Å². The molecule has 0 fully saturated rings. The first-order valence-corrected chi connectivity index (χ1v) is 13.0. The minimum atomic E-state index is -0.905. The Morgan fingerprint density at radius 2 is 1.82 bits per heavy atom. The number of aliphatic hydroxyl groups is 1. The summed E-state index contributed by atoms with van der Waals surface area (Å²) in [5.74, 6) is -0.232. The lowest BCUT2D eigenvalue weighted by molar-refractivity contribution is 0.0871. The minimum Gasteiger partial charge on any atom is -0.394 e. The average Bonchev–Trinajstić information content (AvgIpc) is 2.94. The van der Waals surface area contributed by atoms with Crippen LogP contribution in [0.3, 0.4) is 0 Å². The molecule has 5 aromatic rings. The summed E-state index contributed by atoms with van der Waals surface area (Å²) in [4.78, 5) is 51.5. The predicted molar refractivity (Wildman–Crippen MR) is 155 cm³/mol. The van der Waals surface area contributed by atoms with Gasteiger partial charge in [-0.1, -0.05) is 41.9 Å². The molecule has 4 N–H and O–H groups in total. The van der Waals surface area contributed by atoms with Gasteiger partial charge in [0.1, 0.15) is 23.2 Å². The van der Waals surface area contributed by atoms with Crippen molar-refractivity contribution in [1.82, 2.24) is 24.8 Å². The lowest BCUT2D eigenvalue weighted by atomic mass is 10.0. The Morgan fingerprint density at radius 1 is 1.07 bits per heavy atom. The molecular formula is C29H27ClN6O4. The van der Waals surface area contributed by atoms with Crippen LogP contribution in [0.4, 0.5) is 5.82 Å². The minimum absolute atomic E-state index is 0.135. The Hall–Kier alpha value is -4.54. The molecule has 0 radical (unpaired) electrons. The molecular weight excluding hydrogens is 532 g/mol. The van der Waals surface area contributed by atoms with Gasteiger partial charge < -0.3 is 20.7 Å². The Kier molecular flexibility index (Phi) is 7.14. The number of amides is 1. The molecule has 2 aromatic carbocycles. The van der Waals surface area contributed by atoms with Crippen molar-refractivity contribution in [2.45, 2.75) is 32.4 Å². The Balaban J connectivity index is 1.75. The van der Waals surface area contributed by atoms with Gasteiger partial charge >= 0.3 is 0 Å². The fraction of sp³-hybridized carbons (Fsp3) is 0.207. The second-order valence-electron chi connectivity index (χ2n) is 10.1. The number of benzene rings is 2.